The average Bonchev–Trinajstić information content (AvgIpc) is 2.56. The minimum absolute atomic E-state index is 0.00340. The number of hydrazone groups is 1. The summed E-state index contributed by atoms with van der Waals surface area (Å²) in [5.74, 6) is -1.67. The molecule has 0 aliphatic rings. The van der Waals surface area contributed by atoms with E-state index >= 15 is 0 Å². The maximum absolute atomic E-state index is 12.2. The molecule has 0 saturated heterocycles. The molecule has 0 aliphatic heterocycles. The lowest BCUT2D eigenvalue weighted by molar-refractivity contribution is 0.0697. The predicted octanol–water partition coefficient (Wildman–Crippen LogP) is 2.87. The number of ketones is 1. The summed E-state index contributed by atoms with van der Waals surface area (Å²) in [7, 11) is 0. The van der Waals surface area contributed by atoms with Crippen molar-refractivity contribution < 1.29 is 14.7 Å². The first kappa shape index (κ1) is 15.9. The molecule has 0 heterocycles. The van der Waals surface area contributed by atoms with Gasteiger partial charge in [-0.15, -0.1) is 0 Å². The zero-order valence-electron chi connectivity index (χ0n) is 12.3. The van der Waals surface area contributed by atoms with Crippen LogP contribution in [0.5, 0.6) is 0 Å². The van der Waals surface area contributed by atoms with E-state index in [1.807, 2.05) is 6.92 Å². The van der Waals surface area contributed by atoms with Gasteiger partial charge in [-0.05, 0) is 19.1 Å². The Labute approximate surface area is 132 Å². The fourth-order valence-corrected chi connectivity index (χ4v) is 1.85. The fraction of sp³-hybridized carbons (Fsp3) is 0.0588. The van der Waals surface area contributed by atoms with E-state index in [9.17, 15) is 9.59 Å². The van der Waals surface area contributed by atoms with Gasteiger partial charge in [0, 0.05) is 5.56 Å². The predicted molar refractivity (Wildman–Crippen MR) is 85.6 cm³/mol. The standard InChI is InChI=1S/C17H13N3O3/c1-11-6-8-12(9-7-11)16(21)15(10-18)20-19-14-5-3-2-4-13(14)17(22)23/h2-9,19H,1H3,(H,22,23)/b20-15-. The third kappa shape index (κ3) is 3.80. The van der Waals surface area contributed by atoms with E-state index < -0.39 is 11.8 Å². The summed E-state index contributed by atoms with van der Waals surface area (Å²) in [5.41, 5.74) is 3.64. The van der Waals surface area contributed by atoms with Crippen LogP contribution in [0.4, 0.5) is 5.69 Å². The lowest BCUT2D eigenvalue weighted by Crippen LogP contribution is -2.14. The molecule has 2 aromatic rings. The van der Waals surface area contributed by atoms with Gasteiger partial charge in [-0.1, -0.05) is 42.0 Å². The first-order valence-corrected chi connectivity index (χ1v) is 6.70. The summed E-state index contributed by atoms with van der Waals surface area (Å²) < 4.78 is 0. The summed E-state index contributed by atoms with van der Waals surface area (Å²) in [5, 5.41) is 21.9. The van der Waals surface area contributed by atoms with Gasteiger partial charge in [-0.25, -0.2) is 4.79 Å². The number of nitrogens with one attached hydrogen (secondary N) is 1. The normalized spacial score (nSPS) is 10.7. The Balaban J connectivity index is 2.26. The zero-order chi connectivity index (χ0) is 16.8. The minimum atomic E-state index is -1.13. The van der Waals surface area contributed by atoms with Crippen molar-refractivity contribution in [1.82, 2.24) is 0 Å². The maximum atomic E-state index is 12.2. The Kier molecular flexibility index (Phi) is 4.85. The van der Waals surface area contributed by atoms with E-state index in [2.05, 4.69) is 10.5 Å². The second-order valence-corrected chi connectivity index (χ2v) is 4.73. The van der Waals surface area contributed by atoms with Crippen molar-refractivity contribution in [1.29, 1.82) is 5.26 Å². The molecule has 6 nitrogen and oxygen atoms in total. The van der Waals surface area contributed by atoms with Crippen molar-refractivity contribution >= 4 is 23.2 Å². The van der Waals surface area contributed by atoms with Crippen molar-refractivity contribution in [2.75, 3.05) is 5.43 Å². The Bertz CT molecular complexity index is 818. The highest BCUT2D eigenvalue weighted by atomic mass is 16.4. The lowest BCUT2D eigenvalue weighted by atomic mass is 10.1. The SMILES string of the molecule is Cc1ccc(C(=O)/C(C#N)=N\Nc2ccccc2C(=O)O)cc1. The first-order chi connectivity index (χ1) is 11.0. The third-order valence-electron chi connectivity index (χ3n) is 3.08. The van der Waals surface area contributed by atoms with Gasteiger partial charge in [-0.3, -0.25) is 10.2 Å². The van der Waals surface area contributed by atoms with Gasteiger partial charge < -0.3 is 5.11 Å². The average molecular weight is 307 g/mol. The van der Waals surface area contributed by atoms with Crippen LogP contribution < -0.4 is 5.43 Å². The van der Waals surface area contributed by atoms with Crippen LogP contribution in [0.3, 0.4) is 0 Å². The molecule has 0 aromatic heterocycles. The Morgan fingerprint density at radius 1 is 1.13 bits per heavy atom. The first-order valence-electron chi connectivity index (χ1n) is 6.70. The number of aromatic carboxylic acids is 1. The number of carboxylic acid groups (broad SMARTS) is 1. The molecule has 0 fully saturated rings. The van der Waals surface area contributed by atoms with Crippen LogP contribution in [0.1, 0.15) is 26.3 Å². The molecule has 0 aliphatic carbocycles. The monoisotopic (exact) mass is 307 g/mol. The molecule has 0 atom stereocenters. The Morgan fingerprint density at radius 3 is 2.39 bits per heavy atom. The molecular formula is C17H13N3O3. The molecule has 0 saturated carbocycles. The number of anilines is 1. The van der Waals surface area contributed by atoms with Crippen molar-refractivity contribution in [2.24, 2.45) is 5.10 Å². The highest BCUT2D eigenvalue weighted by molar-refractivity contribution is 6.51. The maximum Gasteiger partial charge on any atom is 0.337 e. The second-order valence-electron chi connectivity index (χ2n) is 4.73. The molecule has 0 unspecified atom stereocenters. The fourth-order valence-electron chi connectivity index (χ4n) is 1.85. The molecule has 2 aromatic carbocycles. The van der Waals surface area contributed by atoms with Gasteiger partial charge >= 0.3 is 5.97 Å². The van der Waals surface area contributed by atoms with Crippen LogP contribution in [0.25, 0.3) is 0 Å². The highest BCUT2D eigenvalue weighted by Crippen LogP contribution is 2.15. The van der Waals surface area contributed by atoms with Gasteiger partial charge in [0.25, 0.3) is 0 Å². The molecule has 6 heteroatoms. The number of carbonyl (C=O) groups excluding carboxylic acids is 1. The smallest absolute Gasteiger partial charge is 0.337 e. The van der Waals surface area contributed by atoms with E-state index in [-0.39, 0.29) is 17.0 Å². The largest absolute Gasteiger partial charge is 0.478 e. The minimum Gasteiger partial charge on any atom is -0.478 e. The Hall–Kier alpha value is -3.46. The third-order valence-corrected chi connectivity index (χ3v) is 3.08. The molecule has 23 heavy (non-hydrogen) atoms. The van der Waals surface area contributed by atoms with Gasteiger partial charge in [0.2, 0.25) is 11.5 Å². The number of rotatable bonds is 5. The number of hydrogen-bond donors (Lipinski definition) is 2. The van der Waals surface area contributed by atoms with Gasteiger partial charge in [0.1, 0.15) is 6.07 Å². The molecule has 114 valence electrons. The summed E-state index contributed by atoms with van der Waals surface area (Å²) in [6.45, 7) is 1.89. The van der Waals surface area contributed by atoms with E-state index in [1.165, 1.54) is 12.1 Å². The molecular weight excluding hydrogens is 294 g/mol. The number of para-hydroxylation sites is 1. The van der Waals surface area contributed by atoms with Gasteiger partial charge in [0.15, 0.2) is 0 Å². The summed E-state index contributed by atoms with van der Waals surface area (Å²) in [6.07, 6.45) is 0. The number of nitrogens with zero attached hydrogens (tertiary/aromatic N) is 2. The van der Waals surface area contributed by atoms with Crippen LogP contribution in [-0.4, -0.2) is 22.6 Å². The number of Topliss-reactive ketones (excluding diaryl/α,β-unsaturated/α-hetero) is 1. The van der Waals surface area contributed by atoms with Crippen molar-refractivity contribution in [3.63, 3.8) is 0 Å². The van der Waals surface area contributed by atoms with Gasteiger partial charge in [-0.2, -0.15) is 10.4 Å². The summed E-state index contributed by atoms with van der Waals surface area (Å²) in [6, 6.07) is 14.5. The number of carbonyl (C=O) groups is 2. The summed E-state index contributed by atoms with van der Waals surface area (Å²) >= 11 is 0. The van der Waals surface area contributed by atoms with Gasteiger partial charge in [0.05, 0.1) is 11.3 Å². The topological polar surface area (TPSA) is 103 Å². The van der Waals surface area contributed by atoms with E-state index in [0.717, 1.165) is 5.56 Å². The number of benzene rings is 2. The molecule has 2 rings (SSSR count). The van der Waals surface area contributed by atoms with Crippen LogP contribution in [0.15, 0.2) is 53.6 Å². The second kappa shape index (κ2) is 7.00. The number of hydrogen-bond acceptors (Lipinski definition) is 5. The molecule has 0 amide bonds. The molecule has 0 spiro atoms. The van der Waals surface area contributed by atoms with Crippen molar-refractivity contribution in [3.05, 3.63) is 65.2 Å². The molecule has 0 bridgehead atoms. The highest BCUT2D eigenvalue weighted by Gasteiger charge is 2.15. The van der Waals surface area contributed by atoms with Crippen molar-refractivity contribution in [3.8, 4) is 6.07 Å². The number of aryl methyl sites for hydroxylation is 1. The van der Waals surface area contributed by atoms with E-state index in [4.69, 9.17) is 10.4 Å². The van der Waals surface area contributed by atoms with Crippen LogP contribution >= 0.6 is 0 Å². The number of nitriles is 1. The summed E-state index contributed by atoms with van der Waals surface area (Å²) in [4.78, 5) is 23.3. The zero-order valence-corrected chi connectivity index (χ0v) is 12.3. The quantitative estimate of drug-likeness (QED) is 0.502. The Morgan fingerprint density at radius 2 is 1.78 bits per heavy atom. The van der Waals surface area contributed by atoms with E-state index in [1.54, 1.807) is 42.5 Å². The molecule has 2 N–H and O–H groups in total. The van der Waals surface area contributed by atoms with Crippen LogP contribution in [0.2, 0.25) is 0 Å². The van der Waals surface area contributed by atoms with Crippen LogP contribution in [0, 0.1) is 18.3 Å². The molecule has 0 radical (unpaired) electrons. The number of carboxylic acids is 1. The lowest BCUT2D eigenvalue weighted by Gasteiger charge is -2.05. The van der Waals surface area contributed by atoms with E-state index in [0.29, 0.717) is 5.56 Å². The van der Waals surface area contributed by atoms with Crippen molar-refractivity contribution in [2.45, 2.75) is 6.92 Å². The van der Waals surface area contributed by atoms with Crippen LogP contribution in [-0.2, 0) is 0 Å².